The van der Waals surface area contributed by atoms with Crippen LogP contribution in [0.15, 0.2) is 34.1 Å². The highest BCUT2D eigenvalue weighted by Gasteiger charge is 2.08. The molecule has 3 heteroatoms. The molecule has 0 bridgehead atoms. The molecule has 1 unspecified atom stereocenters. The summed E-state index contributed by atoms with van der Waals surface area (Å²) in [6.45, 7) is 7.43. The lowest BCUT2D eigenvalue weighted by molar-refractivity contribution is 0.577. The summed E-state index contributed by atoms with van der Waals surface area (Å²) in [5.41, 5.74) is 4.02. The molecular formula is C15H18BrNS. The summed E-state index contributed by atoms with van der Waals surface area (Å²) in [7, 11) is 0. The smallest absolute Gasteiger partial charge is 0.0327 e. The van der Waals surface area contributed by atoms with Crippen LogP contribution in [-0.4, -0.2) is 0 Å². The van der Waals surface area contributed by atoms with E-state index in [-0.39, 0.29) is 0 Å². The van der Waals surface area contributed by atoms with Crippen LogP contribution in [0.5, 0.6) is 0 Å². The Morgan fingerprint density at radius 2 is 1.89 bits per heavy atom. The zero-order valence-electron chi connectivity index (χ0n) is 11.0. The Bertz CT molecular complexity index is 513. The normalized spacial score (nSPS) is 12.7. The Morgan fingerprint density at radius 1 is 1.22 bits per heavy atom. The Balaban J connectivity index is 2.03. The van der Waals surface area contributed by atoms with Crippen molar-refractivity contribution in [1.29, 1.82) is 0 Å². The third-order valence-electron chi connectivity index (χ3n) is 3.00. The number of hydrogen-bond donors (Lipinski definition) is 1. The molecule has 2 aromatic rings. The van der Waals surface area contributed by atoms with Crippen molar-refractivity contribution in [3.8, 4) is 0 Å². The molecule has 0 radical (unpaired) electrons. The van der Waals surface area contributed by atoms with Gasteiger partial charge in [0, 0.05) is 21.9 Å². The van der Waals surface area contributed by atoms with Crippen LogP contribution in [0.3, 0.4) is 0 Å². The van der Waals surface area contributed by atoms with Crippen molar-refractivity contribution in [2.24, 2.45) is 0 Å². The van der Waals surface area contributed by atoms with Gasteiger partial charge in [0.05, 0.1) is 0 Å². The summed E-state index contributed by atoms with van der Waals surface area (Å²) >= 11 is 5.35. The molecule has 0 aliphatic heterocycles. The van der Waals surface area contributed by atoms with Crippen LogP contribution in [0.1, 0.15) is 34.5 Å². The summed E-state index contributed by atoms with van der Waals surface area (Å²) in [6, 6.07) is 9.20. The first-order valence-electron chi connectivity index (χ1n) is 6.09. The quantitative estimate of drug-likeness (QED) is 0.836. The Morgan fingerprint density at radius 3 is 2.44 bits per heavy atom. The van der Waals surface area contributed by atoms with Crippen LogP contribution in [0.4, 0.5) is 0 Å². The Kier molecular flexibility index (Phi) is 4.60. The van der Waals surface area contributed by atoms with E-state index >= 15 is 0 Å². The molecule has 0 fully saturated rings. The fraction of sp³-hybridized carbons (Fsp3) is 0.333. The molecule has 0 aliphatic carbocycles. The van der Waals surface area contributed by atoms with Gasteiger partial charge in [0.1, 0.15) is 0 Å². The lowest BCUT2D eigenvalue weighted by Gasteiger charge is -2.15. The fourth-order valence-electron chi connectivity index (χ4n) is 2.07. The van der Waals surface area contributed by atoms with Gasteiger partial charge >= 0.3 is 0 Å². The maximum atomic E-state index is 3.58. The molecule has 0 amide bonds. The molecule has 1 heterocycles. The number of aryl methyl sites for hydroxylation is 2. The van der Waals surface area contributed by atoms with Gasteiger partial charge in [0.2, 0.25) is 0 Å². The lowest BCUT2D eigenvalue weighted by Crippen LogP contribution is -2.17. The number of benzene rings is 1. The molecule has 1 nitrogen and oxygen atoms in total. The van der Waals surface area contributed by atoms with Crippen molar-refractivity contribution in [2.45, 2.75) is 33.4 Å². The standard InChI is InChI=1S/C15H18BrNS/c1-10-6-11(2)8-13(7-10)12(3)17-9-15-14(16)4-5-18-15/h4-8,12,17H,9H2,1-3H3. The van der Waals surface area contributed by atoms with Crippen molar-refractivity contribution in [1.82, 2.24) is 5.32 Å². The lowest BCUT2D eigenvalue weighted by atomic mass is 10.0. The topological polar surface area (TPSA) is 12.0 Å². The van der Waals surface area contributed by atoms with Gasteiger partial charge in [-0.3, -0.25) is 0 Å². The average molecular weight is 324 g/mol. The zero-order valence-corrected chi connectivity index (χ0v) is 13.4. The van der Waals surface area contributed by atoms with Crippen LogP contribution >= 0.6 is 27.3 Å². The molecule has 0 saturated carbocycles. The Hall–Kier alpha value is -0.640. The number of rotatable bonds is 4. The van der Waals surface area contributed by atoms with E-state index in [1.807, 2.05) is 0 Å². The van der Waals surface area contributed by atoms with Crippen LogP contribution < -0.4 is 5.32 Å². The molecule has 0 spiro atoms. The van der Waals surface area contributed by atoms with Gasteiger partial charge < -0.3 is 5.32 Å². The number of halogens is 1. The van der Waals surface area contributed by atoms with Gasteiger partial charge in [-0.1, -0.05) is 29.3 Å². The van der Waals surface area contributed by atoms with Crippen molar-refractivity contribution in [2.75, 3.05) is 0 Å². The van der Waals surface area contributed by atoms with Crippen molar-refractivity contribution in [3.05, 3.63) is 55.7 Å². The highest BCUT2D eigenvalue weighted by molar-refractivity contribution is 9.10. The largest absolute Gasteiger partial charge is 0.305 e. The Labute approximate surface area is 121 Å². The average Bonchev–Trinajstić information content (AvgIpc) is 2.70. The highest BCUT2D eigenvalue weighted by atomic mass is 79.9. The van der Waals surface area contributed by atoms with Crippen molar-refractivity contribution >= 4 is 27.3 Å². The van der Waals surface area contributed by atoms with E-state index in [1.165, 1.54) is 26.0 Å². The summed E-state index contributed by atoms with van der Waals surface area (Å²) in [5, 5.41) is 5.69. The number of hydrogen-bond acceptors (Lipinski definition) is 2. The first-order valence-corrected chi connectivity index (χ1v) is 7.77. The monoisotopic (exact) mass is 323 g/mol. The van der Waals surface area contributed by atoms with Crippen LogP contribution in [0, 0.1) is 13.8 Å². The minimum absolute atomic E-state index is 0.373. The zero-order chi connectivity index (χ0) is 13.1. The second-order valence-electron chi connectivity index (χ2n) is 4.72. The third kappa shape index (κ3) is 3.44. The fourth-order valence-corrected chi connectivity index (χ4v) is 3.52. The highest BCUT2D eigenvalue weighted by Crippen LogP contribution is 2.24. The van der Waals surface area contributed by atoms with E-state index in [4.69, 9.17) is 0 Å². The molecule has 18 heavy (non-hydrogen) atoms. The number of nitrogens with one attached hydrogen (secondary N) is 1. The molecule has 1 atom stereocenters. The minimum Gasteiger partial charge on any atom is -0.305 e. The first kappa shape index (κ1) is 13.8. The molecular weight excluding hydrogens is 306 g/mol. The predicted octanol–water partition coefficient (Wildman–Crippen LogP) is 4.98. The van der Waals surface area contributed by atoms with E-state index in [0.29, 0.717) is 6.04 Å². The van der Waals surface area contributed by atoms with E-state index in [2.05, 4.69) is 71.7 Å². The summed E-state index contributed by atoms with van der Waals surface area (Å²) in [4.78, 5) is 1.35. The molecule has 96 valence electrons. The van der Waals surface area contributed by atoms with Gasteiger partial charge in [-0.2, -0.15) is 0 Å². The van der Waals surface area contributed by atoms with Gasteiger partial charge in [-0.25, -0.2) is 0 Å². The van der Waals surface area contributed by atoms with E-state index in [0.717, 1.165) is 6.54 Å². The second kappa shape index (κ2) is 6.00. The minimum atomic E-state index is 0.373. The van der Waals surface area contributed by atoms with Gasteiger partial charge in [-0.15, -0.1) is 11.3 Å². The maximum absolute atomic E-state index is 3.58. The van der Waals surface area contributed by atoms with Crippen LogP contribution in [0.2, 0.25) is 0 Å². The molecule has 2 rings (SSSR count). The van der Waals surface area contributed by atoms with Crippen LogP contribution in [0.25, 0.3) is 0 Å². The summed E-state index contributed by atoms with van der Waals surface area (Å²) < 4.78 is 1.20. The second-order valence-corrected chi connectivity index (χ2v) is 6.57. The summed E-state index contributed by atoms with van der Waals surface area (Å²) in [5.74, 6) is 0. The van der Waals surface area contributed by atoms with Gasteiger partial charge in [0.25, 0.3) is 0 Å². The first-order chi connectivity index (χ1) is 8.56. The molecule has 0 saturated heterocycles. The summed E-state index contributed by atoms with van der Waals surface area (Å²) in [6.07, 6.45) is 0. The van der Waals surface area contributed by atoms with Gasteiger partial charge in [-0.05, 0) is 53.7 Å². The molecule has 1 N–H and O–H groups in total. The van der Waals surface area contributed by atoms with E-state index in [1.54, 1.807) is 11.3 Å². The van der Waals surface area contributed by atoms with Crippen molar-refractivity contribution < 1.29 is 0 Å². The SMILES string of the molecule is Cc1cc(C)cc(C(C)NCc2sccc2Br)c1. The molecule has 1 aromatic heterocycles. The third-order valence-corrected chi connectivity index (χ3v) is 4.93. The van der Waals surface area contributed by atoms with Gasteiger partial charge in [0.15, 0.2) is 0 Å². The molecule has 0 aliphatic rings. The van der Waals surface area contributed by atoms with E-state index < -0.39 is 0 Å². The van der Waals surface area contributed by atoms with Crippen LogP contribution in [-0.2, 0) is 6.54 Å². The predicted molar refractivity (Wildman–Crippen MR) is 83.2 cm³/mol. The number of thiophene rings is 1. The van der Waals surface area contributed by atoms with Crippen molar-refractivity contribution in [3.63, 3.8) is 0 Å². The van der Waals surface area contributed by atoms with E-state index in [9.17, 15) is 0 Å². The molecule has 1 aromatic carbocycles. The maximum Gasteiger partial charge on any atom is 0.0327 e.